The van der Waals surface area contributed by atoms with E-state index in [-0.39, 0.29) is 5.82 Å². The fourth-order valence-corrected chi connectivity index (χ4v) is 2.20. The van der Waals surface area contributed by atoms with Crippen LogP contribution in [-0.2, 0) is 0 Å². The Labute approximate surface area is 117 Å². The van der Waals surface area contributed by atoms with Crippen molar-refractivity contribution < 1.29 is 14.2 Å². The lowest BCUT2D eigenvalue weighted by Gasteiger charge is -2.15. The van der Waals surface area contributed by atoms with Crippen molar-refractivity contribution in [3.05, 3.63) is 65.0 Å². The van der Waals surface area contributed by atoms with E-state index >= 15 is 0 Å². The predicted octanol–water partition coefficient (Wildman–Crippen LogP) is 3.76. The summed E-state index contributed by atoms with van der Waals surface area (Å²) in [5.41, 5.74) is 1.48. The van der Waals surface area contributed by atoms with E-state index < -0.39 is 6.10 Å². The van der Waals surface area contributed by atoms with E-state index in [4.69, 9.17) is 4.74 Å². The van der Waals surface area contributed by atoms with E-state index in [1.54, 1.807) is 37.3 Å². The third-order valence-electron chi connectivity index (χ3n) is 3.52. The van der Waals surface area contributed by atoms with Crippen LogP contribution < -0.4 is 4.74 Å². The molecule has 2 nitrogen and oxygen atoms in total. The van der Waals surface area contributed by atoms with Gasteiger partial charge in [-0.15, -0.1) is 0 Å². The number of aliphatic hydroxyl groups excluding tert-OH is 1. The predicted molar refractivity (Wildman–Crippen MR) is 75.3 cm³/mol. The molecule has 0 aliphatic heterocycles. The van der Waals surface area contributed by atoms with Gasteiger partial charge in [0.05, 0.1) is 6.10 Å². The zero-order chi connectivity index (χ0) is 14.1. The lowest BCUT2D eigenvalue weighted by Crippen LogP contribution is -2.04. The van der Waals surface area contributed by atoms with Crippen LogP contribution in [-0.4, -0.2) is 11.2 Å². The molecule has 0 amide bonds. The van der Waals surface area contributed by atoms with Gasteiger partial charge in [0, 0.05) is 5.56 Å². The molecule has 20 heavy (non-hydrogen) atoms. The van der Waals surface area contributed by atoms with Crippen LogP contribution in [0.3, 0.4) is 0 Å². The first-order chi connectivity index (χ1) is 9.65. The van der Waals surface area contributed by atoms with Crippen LogP contribution in [0.5, 0.6) is 5.75 Å². The Kier molecular flexibility index (Phi) is 3.45. The molecule has 1 aliphatic rings. The normalized spacial score (nSPS) is 15.9. The standard InChI is InChI=1S/C17H17FO2/c1-11-4-2-7-15(16(11)18)17(19)12-5-3-6-14(10-12)20-13-8-9-13/h2-7,10,13,17,19H,8-9H2,1H3. The highest BCUT2D eigenvalue weighted by Gasteiger charge is 2.24. The first-order valence-corrected chi connectivity index (χ1v) is 6.85. The molecule has 1 aliphatic carbocycles. The van der Waals surface area contributed by atoms with Gasteiger partial charge >= 0.3 is 0 Å². The highest BCUT2D eigenvalue weighted by Crippen LogP contribution is 2.31. The average molecular weight is 272 g/mol. The van der Waals surface area contributed by atoms with Crippen LogP contribution in [0, 0.1) is 12.7 Å². The molecule has 1 N–H and O–H groups in total. The first kappa shape index (κ1) is 13.1. The number of hydrogen-bond acceptors (Lipinski definition) is 2. The van der Waals surface area contributed by atoms with Crippen molar-refractivity contribution in [3.63, 3.8) is 0 Å². The molecule has 1 fully saturated rings. The van der Waals surface area contributed by atoms with Crippen molar-refractivity contribution in [3.8, 4) is 5.75 Å². The topological polar surface area (TPSA) is 29.5 Å². The van der Waals surface area contributed by atoms with E-state index in [2.05, 4.69) is 0 Å². The lowest BCUT2D eigenvalue weighted by atomic mass is 9.99. The van der Waals surface area contributed by atoms with Crippen LogP contribution in [0.4, 0.5) is 4.39 Å². The number of rotatable bonds is 4. The van der Waals surface area contributed by atoms with Crippen molar-refractivity contribution in [2.24, 2.45) is 0 Å². The number of aliphatic hydroxyl groups is 1. The largest absolute Gasteiger partial charge is 0.490 e. The van der Waals surface area contributed by atoms with Gasteiger partial charge in [-0.2, -0.15) is 0 Å². The molecular formula is C17H17FO2. The maximum atomic E-state index is 14.1. The lowest BCUT2D eigenvalue weighted by molar-refractivity contribution is 0.213. The summed E-state index contributed by atoms with van der Waals surface area (Å²) in [6.07, 6.45) is 1.49. The molecule has 1 unspecified atom stereocenters. The zero-order valence-corrected chi connectivity index (χ0v) is 11.3. The quantitative estimate of drug-likeness (QED) is 0.918. The van der Waals surface area contributed by atoms with Gasteiger partial charge in [0.1, 0.15) is 17.7 Å². The number of halogens is 1. The van der Waals surface area contributed by atoms with Gasteiger partial charge < -0.3 is 9.84 Å². The number of ether oxygens (including phenoxy) is 1. The fourth-order valence-electron chi connectivity index (χ4n) is 2.20. The molecule has 2 aromatic carbocycles. The minimum absolute atomic E-state index is 0.300. The van der Waals surface area contributed by atoms with Crippen molar-refractivity contribution in [1.29, 1.82) is 0 Å². The van der Waals surface area contributed by atoms with Crippen LogP contribution >= 0.6 is 0 Å². The molecule has 104 valence electrons. The molecule has 0 aromatic heterocycles. The second-order valence-corrected chi connectivity index (χ2v) is 5.27. The van der Waals surface area contributed by atoms with Gasteiger partial charge in [-0.25, -0.2) is 4.39 Å². The summed E-state index contributed by atoms with van der Waals surface area (Å²) in [7, 11) is 0. The Morgan fingerprint density at radius 1 is 1.20 bits per heavy atom. The minimum atomic E-state index is -0.974. The van der Waals surface area contributed by atoms with Gasteiger partial charge in [0.25, 0.3) is 0 Å². The average Bonchev–Trinajstić information content (AvgIpc) is 3.25. The second kappa shape index (κ2) is 5.25. The molecule has 3 rings (SSSR count). The molecule has 0 saturated heterocycles. The van der Waals surface area contributed by atoms with E-state index in [9.17, 15) is 9.50 Å². The Bertz CT molecular complexity index is 620. The van der Waals surface area contributed by atoms with Gasteiger partial charge in [-0.05, 0) is 43.0 Å². The monoisotopic (exact) mass is 272 g/mol. The summed E-state index contributed by atoms with van der Waals surface area (Å²) in [5.74, 6) is 0.380. The molecular weight excluding hydrogens is 255 g/mol. The Morgan fingerprint density at radius 3 is 2.70 bits per heavy atom. The molecule has 0 bridgehead atoms. The third kappa shape index (κ3) is 2.68. The summed E-state index contributed by atoms with van der Waals surface area (Å²) in [5, 5.41) is 10.4. The van der Waals surface area contributed by atoms with Crippen LogP contribution in [0.2, 0.25) is 0 Å². The Balaban J connectivity index is 1.89. The van der Waals surface area contributed by atoms with Crippen molar-refractivity contribution in [2.75, 3.05) is 0 Å². The summed E-state index contributed by atoms with van der Waals surface area (Å²) in [6, 6.07) is 12.3. The van der Waals surface area contributed by atoms with Crippen molar-refractivity contribution >= 4 is 0 Å². The van der Waals surface area contributed by atoms with Gasteiger partial charge in [-0.3, -0.25) is 0 Å². The summed E-state index contributed by atoms with van der Waals surface area (Å²) >= 11 is 0. The summed E-state index contributed by atoms with van der Waals surface area (Å²) in [6.45, 7) is 1.69. The number of aryl methyl sites for hydroxylation is 1. The molecule has 0 spiro atoms. The van der Waals surface area contributed by atoms with Crippen LogP contribution in [0.15, 0.2) is 42.5 Å². The molecule has 3 heteroatoms. The van der Waals surface area contributed by atoms with Crippen LogP contribution in [0.25, 0.3) is 0 Å². The SMILES string of the molecule is Cc1cccc(C(O)c2cccc(OC3CC3)c2)c1F. The maximum absolute atomic E-state index is 14.1. The van der Waals surface area contributed by atoms with Crippen molar-refractivity contribution in [1.82, 2.24) is 0 Å². The van der Waals surface area contributed by atoms with Gasteiger partial charge in [0.15, 0.2) is 0 Å². The molecule has 0 radical (unpaired) electrons. The first-order valence-electron chi connectivity index (χ1n) is 6.85. The smallest absolute Gasteiger partial charge is 0.132 e. The third-order valence-corrected chi connectivity index (χ3v) is 3.52. The second-order valence-electron chi connectivity index (χ2n) is 5.27. The van der Waals surface area contributed by atoms with E-state index in [0.717, 1.165) is 18.6 Å². The molecule has 1 atom stereocenters. The molecule has 1 saturated carbocycles. The van der Waals surface area contributed by atoms with Crippen molar-refractivity contribution in [2.45, 2.75) is 32.0 Å². The Morgan fingerprint density at radius 2 is 1.95 bits per heavy atom. The fraction of sp³-hybridized carbons (Fsp3) is 0.294. The zero-order valence-electron chi connectivity index (χ0n) is 11.3. The summed E-state index contributed by atoms with van der Waals surface area (Å²) < 4.78 is 19.8. The van der Waals surface area contributed by atoms with E-state index in [0.29, 0.717) is 22.8 Å². The number of hydrogen-bond donors (Lipinski definition) is 1. The summed E-state index contributed by atoms with van der Waals surface area (Å²) in [4.78, 5) is 0. The van der Waals surface area contributed by atoms with Gasteiger partial charge in [0.2, 0.25) is 0 Å². The molecule has 2 aromatic rings. The highest BCUT2D eigenvalue weighted by atomic mass is 19.1. The minimum Gasteiger partial charge on any atom is -0.490 e. The maximum Gasteiger partial charge on any atom is 0.132 e. The van der Waals surface area contributed by atoms with E-state index in [1.807, 2.05) is 12.1 Å². The number of benzene rings is 2. The van der Waals surface area contributed by atoms with Gasteiger partial charge in [-0.1, -0.05) is 30.3 Å². The van der Waals surface area contributed by atoms with Crippen LogP contribution in [0.1, 0.15) is 35.6 Å². The Hall–Kier alpha value is -1.87. The molecule has 0 heterocycles. The van der Waals surface area contributed by atoms with E-state index in [1.165, 1.54) is 0 Å². The highest BCUT2D eigenvalue weighted by molar-refractivity contribution is 5.37.